The monoisotopic (exact) mass is 195 g/mol. The second-order valence-electron chi connectivity index (χ2n) is 3.17. The fraction of sp³-hybridized carbons (Fsp3) is 0.300. The van der Waals surface area contributed by atoms with Crippen LogP contribution in [0.3, 0.4) is 0 Å². The Morgan fingerprint density at radius 1 is 1.50 bits per heavy atom. The molecule has 3 nitrogen and oxygen atoms in total. The van der Waals surface area contributed by atoms with Gasteiger partial charge in [0.1, 0.15) is 12.4 Å². The van der Waals surface area contributed by atoms with E-state index in [0.29, 0.717) is 18.8 Å². The van der Waals surface area contributed by atoms with Gasteiger partial charge in [-0.2, -0.15) is 0 Å². The Labute approximate surface area is 81.1 Å². The smallest absolute Gasteiger partial charge is 0.414 e. The Balaban J connectivity index is 2.44. The topological polar surface area (TPSA) is 29.5 Å². The number of nitrogens with zero attached hydrogens (tertiary/aromatic N) is 1. The summed E-state index contributed by atoms with van der Waals surface area (Å²) in [5, 5.41) is 0. The Bertz CT molecular complexity index is 358. The Hall–Kier alpha value is -1.58. The average molecular weight is 195 g/mol. The number of anilines is 1. The molecule has 0 atom stereocenters. The number of carbonyl (C=O) groups excluding carboxylic acids is 1. The minimum absolute atomic E-state index is 0.326. The number of ether oxygens (including phenoxy) is 1. The minimum atomic E-state index is -0.474. The molecule has 4 heteroatoms. The standard InChI is InChI=1S/C10H10FNO2/c1-7-3-2-4-8(11)9(7)12-5-6-14-10(12)13/h2-4H,5-6H2,1H3. The molecule has 1 aliphatic heterocycles. The second-order valence-corrected chi connectivity index (χ2v) is 3.17. The van der Waals surface area contributed by atoms with Gasteiger partial charge in [-0.3, -0.25) is 4.90 Å². The number of hydrogen-bond acceptors (Lipinski definition) is 2. The first-order chi connectivity index (χ1) is 6.70. The van der Waals surface area contributed by atoms with Gasteiger partial charge in [-0.1, -0.05) is 12.1 Å². The maximum Gasteiger partial charge on any atom is 0.414 e. The van der Waals surface area contributed by atoms with Gasteiger partial charge in [0.15, 0.2) is 0 Å². The quantitative estimate of drug-likeness (QED) is 0.686. The molecule has 0 bridgehead atoms. The number of amides is 1. The summed E-state index contributed by atoms with van der Waals surface area (Å²) >= 11 is 0. The summed E-state index contributed by atoms with van der Waals surface area (Å²) < 4.78 is 18.2. The molecule has 1 aromatic carbocycles. The van der Waals surface area contributed by atoms with Crippen LogP contribution >= 0.6 is 0 Å². The van der Waals surface area contributed by atoms with Gasteiger partial charge >= 0.3 is 6.09 Å². The third kappa shape index (κ3) is 1.32. The van der Waals surface area contributed by atoms with E-state index in [1.165, 1.54) is 11.0 Å². The van der Waals surface area contributed by atoms with Crippen LogP contribution < -0.4 is 4.90 Å². The van der Waals surface area contributed by atoms with Crippen molar-refractivity contribution in [3.8, 4) is 0 Å². The maximum absolute atomic E-state index is 13.4. The van der Waals surface area contributed by atoms with Crippen molar-refractivity contribution in [2.75, 3.05) is 18.1 Å². The lowest BCUT2D eigenvalue weighted by Crippen LogP contribution is -2.25. The summed E-state index contributed by atoms with van der Waals surface area (Å²) in [5.41, 5.74) is 1.07. The Morgan fingerprint density at radius 2 is 2.29 bits per heavy atom. The van der Waals surface area contributed by atoms with E-state index < -0.39 is 6.09 Å². The molecule has 1 heterocycles. The first-order valence-electron chi connectivity index (χ1n) is 4.39. The highest BCUT2D eigenvalue weighted by Gasteiger charge is 2.26. The van der Waals surface area contributed by atoms with Crippen LogP contribution in [-0.4, -0.2) is 19.2 Å². The number of halogens is 1. The summed E-state index contributed by atoms with van der Waals surface area (Å²) in [7, 11) is 0. The van der Waals surface area contributed by atoms with Gasteiger partial charge in [-0.15, -0.1) is 0 Å². The molecule has 1 amide bonds. The first-order valence-corrected chi connectivity index (χ1v) is 4.39. The van der Waals surface area contributed by atoms with Crippen LogP contribution in [0.4, 0.5) is 14.9 Å². The third-order valence-electron chi connectivity index (χ3n) is 2.22. The molecule has 1 aliphatic rings. The SMILES string of the molecule is Cc1cccc(F)c1N1CCOC1=O. The molecule has 1 fully saturated rings. The van der Waals surface area contributed by atoms with Crippen LogP contribution in [0.1, 0.15) is 5.56 Å². The van der Waals surface area contributed by atoms with E-state index in [9.17, 15) is 9.18 Å². The van der Waals surface area contributed by atoms with Crippen molar-refractivity contribution in [2.45, 2.75) is 6.92 Å². The van der Waals surface area contributed by atoms with Crippen LogP contribution in [-0.2, 0) is 4.74 Å². The van der Waals surface area contributed by atoms with Gasteiger partial charge < -0.3 is 4.74 Å². The number of hydrogen-bond donors (Lipinski definition) is 0. The molecule has 14 heavy (non-hydrogen) atoms. The predicted molar refractivity (Wildman–Crippen MR) is 49.8 cm³/mol. The lowest BCUT2D eigenvalue weighted by molar-refractivity contribution is 0.181. The summed E-state index contributed by atoms with van der Waals surface area (Å²) in [4.78, 5) is 12.5. The zero-order valence-electron chi connectivity index (χ0n) is 7.79. The van der Waals surface area contributed by atoms with Gasteiger partial charge in [0, 0.05) is 0 Å². The second kappa shape index (κ2) is 3.29. The molecule has 0 spiro atoms. The maximum atomic E-state index is 13.4. The molecule has 0 aromatic heterocycles. The lowest BCUT2D eigenvalue weighted by Gasteiger charge is -2.15. The number of aryl methyl sites for hydroxylation is 1. The van der Waals surface area contributed by atoms with Crippen molar-refractivity contribution < 1.29 is 13.9 Å². The number of rotatable bonds is 1. The molecular weight excluding hydrogens is 185 g/mol. The van der Waals surface area contributed by atoms with Crippen LogP contribution in [0.5, 0.6) is 0 Å². The normalized spacial score (nSPS) is 15.9. The number of para-hydroxylation sites is 1. The van der Waals surface area contributed by atoms with Crippen molar-refractivity contribution in [1.29, 1.82) is 0 Å². The molecule has 0 N–H and O–H groups in total. The van der Waals surface area contributed by atoms with Crippen molar-refractivity contribution in [3.63, 3.8) is 0 Å². The minimum Gasteiger partial charge on any atom is -0.447 e. The molecule has 74 valence electrons. The molecule has 1 saturated heterocycles. The molecule has 2 rings (SSSR count). The van der Waals surface area contributed by atoms with E-state index in [1.54, 1.807) is 19.1 Å². The Kier molecular flexibility index (Phi) is 2.11. The number of benzene rings is 1. The summed E-state index contributed by atoms with van der Waals surface area (Å²) in [6.07, 6.45) is -0.474. The summed E-state index contributed by atoms with van der Waals surface area (Å²) in [5.74, 6) is -0.385. The fourth-order valence-electron chi connectivity index (χ4n) is 1.56. The van der Waals surface area contributed by atoms with Crippen LogP contribution in [0, 0.1) is 12.7 Å². The zero-order chi connectivity index (χ0) is 10.1. The largest absolute Gasteiger partial charge is 0.447 e. The van der Waals surface area contributed by atoms with Crippen molar-refractivity contribution in [3.05, 3.63) is 29.6 Å². The first kappa shape index (κ1) is 8.99. The number of cyclic esters (lactones) is 1. The molecule has 0 saturated carbocycles. The highest BCUT2D eigenvalue weighted by Crippen LogP contribution is 2.26. The van der Waals surface area contributed by atoms with Crippen molar-refractivity contribution >= 4 is 11.8 Å². The highest BCUT2D eigenvalue weighted by atomic mass is 19.1. The van der Waals surface area contributed by atoms with Gasteiger partial charge in [-0.05, 0) is 18.6 Å². The van der Waals surface area contributed by atoms with E-state index in [0.717, 1.165) is 5.56 Å². The van der Waals surface area contributed by atoms with Crippen LogP contribution in [0.15, 0.2) is 18.2 Å². The van der Waals surface area contributed by atoms with E-state index >= 15 is 0 Å². The van der Waals surface area contributed by atoms with Crippen molar-refractivity contribution in [1.82, 2.24) is 0 Å². The molecular formula is C10H10FNO2. The van der Waals surface area contributed by atoms with E-state index in [-0.39, 0.29) is 5.82 Å². The third-order valence-corrected chi connectivity index (χ3v) is 2.22. The molecule has 0 unspecified atom stereocenters. The van der Waals surface area contributed by atoms with Gasteiger partial charge in [0.25, 0.3) is 0 Å². The van der Waals surface area contributed by atoms with Gasteiger partial charge in [0.2, 0.25) is 0 Å². The van der Waals surface area contributed by atoms with E-state index in [1.807, 2.05) is 0 Å². The van der Waals surface area contributed by atoms with E-state index in [4.69, 9.17) is 4.74 Å². The zero-order valence-corrected chi connectivity index (χ0v) is 7.79. The average Bonchev–Trinajstić information content (AvgIpc) is 2.52. The molecule has 1 aromatic rings. The van der Waals surface area contributed by atoms with Crippen LogP contribution in [0.25, 0.3) is 0 Å². The fourth-order valence-corrected chi connectivity index (χ4v) is 1.56. The lowest BCUT2D eigenvalue weighted by atomic mass is 10.2. The molecule has 0 aliphatic carbocycles. The predicted octanol–water partition coefficient (Wildman–Crippen LogP) is 2.09. The molecule has 0 radical (unpaired) electrons. The summed E-state index contributed by atoms with van der Waals surface area (Å²) in [6, 6.07) is 4.73. The summed E-state index contributed by atoms with van der Waals surface area (Å²) in [6.45, 7) is 2.51. The number of carbonyl (C=O) groups is 1. The van der Waals surface area contributed by atoms with Gasteiger partial charge in [0.05, 0.1) is 12.2 Å². The van der Waals surface area contributed by atoms with Crippen molar-refractivity contribution in [2.24, 2.45) is 0 Å². The van der Waals surface area contributed by atoms with Gasteiger partial charge in [-0.25, -0.2) is 9.18 Å². The Morgan fingerprint density at radius 3 is 2.86 bits per heavy atom. The highest BCUT2D eigenvalue weighted by molar-refractivity contribution is 5.90. The van der Waals surface area contributed by atoms with E-state index in [2.05, 4.69) is 0 Å². The van der Waals surface area contributed by atoms with Crippen LogP contribution in [0.2, 0.25) is 0 Å².